The molecule has 11 nitrogen and oxygen atoms in total. The molecule has 8 N–H and O–H groups in total. The van der Waals surface area contributed by atoms with Crippen LogP contribution in [0.2, 0.25) is 5.02 Å². The van der Waals surface area contributed by atoms with Crippen molar-refractivity contribution in [2.24, 2.45) is 16.5 Å². The SMILES string of the molecule is CCNC(=O)C[C@@H]1N=C(c2ccc(Cl)cc2)c2cc(OCCC(=O)Nc3ccc(B(O)O)cc3)ccc2N(C(C)N)C1N. The van der Waals surface area contributed by atoms with Gasteiger partial charge < -0.3 is 41.8 Å². The van der Waals surface area contributed by atoms with Gasteiger partial charge in [-0.05, 0) is 61.8 Å². The van der Waals surface area contributed by atoms with Crippen molar-refractivity contribution in [2.75, 3.05) is 23.4 Å². The summed E-state index contributed by atoms with van der Waals surface area (Å²) in [4.78, 5) is 32.0. The number of benzene rings is 3. The minimum atomic E-state index is -1.58. The average Bonchev–Trinajstić information content (AvgIpc) is 3.08. The van der Waals surface area contributed by atoms with E-state index in [1.807, 2.05) is 43.0 Å². The number of nitrogens with one attached hydrogen (secondary N) is 2. The van der Waals surface area contributed by atoms with Gasteiger partial charge in [0.1, 0.15) is 11.9 Å². The molecule has 0 saturated heterocycles. The van der Waals surface area contributed by atoms with Gasteiger partial charge in [0.15, 0.2) is 0 Å². The van der Waals surface area contributed by atoms with E-state index in [0.717, 1.165) is 11.3 Å². The standard InChI is InChI=1S/C30H36BClN6O5/c1-3-35-28(40)17-25-30(34)38(18(2)33)26-13-12-23(16-24(26)29(37-25)19-4-8-21(32)9-5-19)43-15-14-27(39)36-22-10-6-20(7-11-22)31(41)42/h4-13,16,18,25,30,41-42H,3,14-15,17,33-34H2,1-2H3,(H,35,40)(H,36,39)/t18?,25-,30?/m0/s1. The maximum atomic E-state index is 12.6. The smallest absolute Gasteiger partial charge is 0.488 e. The molecule has 0 radical (unpaired) electrons. The van der Waals surface area contributed by atoms with Gasteiger partial charge in [0.2, 0.25) is 11.8 Å². The summed E-state index contributed by atoms with van der Waals surface area (Å²) in [7, 11) is -1.58. The zero-order chi connectivity index (χ0) is 31.1. The molecule has 3 aromatic carbocycles. The number of carbonyl (C=O) groups is 2. The van der Waals surface area contributed by atoms with E-state index in [1.165, 1.54) is 12.1 Å². The first-order valence-electron chi connectivity index (χ1n) is 14.0. The second-order valence-electron chi connectivity index (χ2n) is 10.2. The summed E-state index contributed by atoms with van der Waals surface area (Å²) in [5.74, 6) is 0.0783. The molecule has 4 rings (SSSR count). The normalized spacial score (nSPS) is 16.8. The highest BCUT2D eigenvalue weighted by molar-refractivity contribution is 6.58. The van der Waals surface area contributed by atoms with Crippen LogP contribution in [-0.2, 0) is 9.59 Å². The fourth-order valence-electron chi connectivity index (χ4n) is 4.86. The summed E-state index contributed by atoms with van der Waals surface area (Å²) in [6.45, 7) is 4.26. The van der Waals surface area contributed by atoms with Crippen LogP contribution < -0.4 is 37.2 Å². The van der Waals surface area contributed by atoms with Crippen LogP contribution in [-0.4, -0.2) is 66.2 Å². The minimum Gasteiger partial charge on any atom is -0.493 e. The van der Waals surface area contributed by atoms with Crippen molar-refractivity contribution in [3.8, 4) is 5.75 Å². The van der Waals surface area contributed by atoms with Crippen molar-refractivity contribution in [1.29, 1.82) is 0 Å². The number of ether oxygens (including phenoxy) is 1. The first-order chi connectivity index (χ1) is 20.6. The Morgan fingerprint density at radius 2 is 1.79 bits per heavy atom. The molecule has 3 aromatic rings. The summed E-state index contributed by atoms with van der Waals surface area (Å²) in [5.41, 5.74) is 16.8. The average molecular weight is 607 g/mol. The molecule has 0 spiro atoms. The number of halogens is 1. The molecule has 226 valence electrons. The molecule has 0 aromatic heterocycles. The number of carbonyl (C=O) groups excluding carboxylic acids is 2. The Hall–Kier alpha value is -3.94. The second-order valence-corrected chi connectivity index (χ2v) is 10.6. The topological polar surface area (TPSA) is 176 Å². The van der Waals surface area contributed by atoms with Gasteiger partial charge in [-0.3, -0.25) is 14.6 Å². The molecule has 2 unspecified atom stereocenters. The largest absolute Gasteiger partial charge is 0.493 e. The van der Waals surface area contributed by atoms with Gasteiger partial charge in [0.05, 0.1) is 37.4 Å². The molecule has 1 heterocycles. The Labute approximate surface area is 256 Å². The maximum Gasteiger partial charge on any atom is 0.488 e. The number of amides is 2. The molecule has 43 heavy (non-hydrogen) atoms. The molecule has 2 amide bonds. The van der Waals surface area contributed by atoms with Crippen LogP contribution in [0.4, 0.5) is 11.4 Å². The third kappa shape index (κ3) is 8.12. The predicted molar refractivity (Wildman–Crippen MR) is 170 cm³/mol. The lowest BCUT2D eigenvalue weighted by Crippen LogP contribution is -2.56. The van der Waals surface area contributed by atoms with Crippen LogP contribution in [0.3, 0.4) is 0 Å². The highest BCUT2D eigenvalue weighted by Crippen LogP contribution is 2.34. The number of hydrogen-bond donors (Lipinski definition) is 6. The molecule has 0 fully saturated rings. The van der Waals surface area contributed by atoms with E-state index in [0.29, 0.717) is 39.7 Å². The van der Waals surface area contributed by atoms with Crippen LogP contribution >= 0.6 is 11.6 Å². The lowest BCUT2D eigenvalue weighted by Gasteiger charge is -2.36. The molecule has 1 aliphatic heterocycles. The molecule has 0 bridgehead atoms. The number of fused-ring (bicyclic) bond motifs is 1. The second kappa shape index (κ2) is 14.5. The van der Waals surface area contributed by atoms with Gasteiger partial charge in [-0.1, -0.05) is 35.9 Å². The van der Waals surface area contributed by atoms with Crippen molar-refractivity contribution in [1.82, 2.24) is 5.32 Å². The third-order valence-corrected chi connectivity index (χ3v) is 7.18. The molecular weight excluding hydrogens is 571 g/mol. The van der Waals surface area contributed by atoms with Crippen molar-refractivity contribution in [3.63, 3.8) is 0 Å². The fraction of sp³-hybridized carbons (Fsp3) is 0.300. The van der Waals surface area contributed by atoms with Crippen LogP contribution in [0.15, 0.2) is 71.7 Å². The molecule has 1 aliphatic rings. The third-order valence-electron chi connectivity index (χ3n) is 6.93. The number of rotatable bonds is 11. The Bertz CT molecular complexity index is 1450. The van der Waals surface area contributed by atoms with E-state index < -0.39 is 25.5 Å². The zero-order valence-corrected chi connectivity index (χ0v) is 24.8. The lowest BCUT2D eigenvalue weighted by molar-refractivity contribution is -0.121. The number of anilines is 2. The Kier molecular flexibility index (Phi) is 10.8. The number of aliphatic imine (C=N–C) groups is 1. The lowest BCUT2D eigenvalue weighted by atomic mass is 9.80. The van der Waals surface area contributed by atoms with Gasteiger partial charge in [-0.25, -0.2) is 0 Å². The van der Waals surface area contributed by atoms with E-state index >= 15 is 0 Å². The van der Waals surface area contributed by atoms with E-state index in [2.05, 4.69) is 10.6 Å². The van der Waals surface area contributed by atoms with Gasteiger partial charge >= 0.3 is 7.12 Å². The Morgan fingerprint density at radius 1 is 1.09 bits per heavy atom. The van der Waals surface area contributed by atoms with Crippen LogP contribution in [0.1, 0.15) is 37.8 Å². The highest BCUT2D eigenvalue weighted by atomic mass is 35.5. The Balaban J connectivity index is 1.59. The zero-order valence-electron chi connectivity index (χ0n) is 24.0. The van der Waals surface area contributed by atoms with E-state index in [-0.39, 0.29) is 31.3 Å². The first-order valence-corrected chi connectivity index (χ1v) is 14.4. The minimum absolute atomic E-state index is 0.0744. The van der Waals surface area contributed by atoms with Gasteiger partial charge in [0.25, 0.3) is 0 Å². The quantitative estimate of drug-likeness (QED) is 0.178. The van der Waals surface area contributed by atoms with Crippen LogP contribution in [0.5, 0.6) is 5.75 Å². The van der Waals surface area contributed by atoms with E-state index in [4.69, 9.17) is 32.8 Å². The van der Waals surface area contributed by atoms with Gasteiger partial charge in [0, 0.05) is 34.1 Å². The predicted octanol–water partition coefficient (Wildman–Crippen LogP) is 1.57. The van der Waals surface area contributed by atoms with Crippen LogP contribution in [0.25, 0.3) is 0 Å². The summed E-state index contributed by atoms with van der Waals surface area (Å²) in [5, 5.41) is 24.6. The monoisotopic (exact) mass is 606 g/mol. The van der Waals surface area contributed by atoms with Crippen molar-refractivity contribution >= 4 is 53.1 Å². The molecule has 0 aliphatic carbocycles. The number of benzodiazepines with no additional fused rings is 1. The summed E-state index contributed by atoms with van der Waals surface area (Å²) >= 11 is 6.17. The van der Waals surface area contributed by atoms with Crippen LogP contribution in [0, 0.1) is 0 Å². The molecular formula is C30H36BClN6O5. The Morgan fingerprint density at radius 3 is 2.42 bits per heavy atom. The maximum absolute atomic E-state index is 12.6. The first kappa shape index (κ1) is 32.0. The number of nitrogens with zero attached hydrogens (tertiary/aromatic N) is 2. The van der Waals surface area contributed by atoms with Crippen molar-refractivity contribution < 1.29 is 24.4 Å². The fourth-order valence-corrected chi connectivity index (χ4v) is 4.98. The highest BCUT2D eigenvalue weighted by Gasteiger charge is 2.34. The summed E-state index contributed by atoms with van der Waals surface area (Å²) < 4.78 is 5.97. The van der Waals surface area contributed by atoms with Crippen molar-refractivity contribution in [2.45, 2.75) is 45.1 Å². The van der Waals surface area contributed by atoms with Gasteiger partial charge in [-0.15, -0.1) is 0 Å². The van der Waals surface area contributed by atoms with Gasteiger partial charge in [-0.2, -0.15) is 0 Å². The molecule has 0 saturated carbocycles. The molecule has 13 heteroatoms. The summed E-state index contributed by atoms with van der Waals surface area (Å²) in [6, 6.07) is 18.3. The summed E-state index contributed by atoms with van der Waals surface area (Å²) in [6.07, 6.45) is -1.03. The molecule has 3 atom stereocenters. The van der Waals surface area contributed by atoms with E-state index in [9.17, 15) is 19.6 Å². The number of nitrogens with two attached hydrogens (primary N) is 2. The number of hydrogen-bond acceptors (Lipinski definition) is 9. The van der Waals surface area contributed by atoms with E-state index in [1.54, 1.807) is 30.3 Å². The van der Waals surface area contributed by atoms with Crippen molar-refractivity contribution in [3.05, 3.63) is 82.9 Å².